The summed E-state index contributed by atoms with van der Waals surface area (Å²) in [5.41, 5.74) is 10.5. The molecule has 0 spiro atoms. The second-order valence-corrected chi connectivity index (χ2v) is 3.54. The first-order valence-corrected chi connectivity index (χ1v) is 5.20. The zero-order valence-corrected chi connectivity index (χ0v) is 8.75. The zero-order chi connectivity index (χ0) is 10.6. The first kappa shape index (κ1) is 11.0. The van der Waals surface area contributed by atoms with Crippen LogP contribution in [0.4, 0.5) is 0 Å². The highest BCUT2D eigenvalue weighted by Gasteiger charge is 2.10. The molecule has 0 saturated heterocycles. The molecule has 0 saturated carbocycles. The van der Waals surface area contributed by atoms with Gasteiger partial charge >= 0.3 is 0 Å². The van der Waals surface area contributed by atoms with E-state index in [1.165, 1.54) is 11.8 Å². The smallest absolute Gasteiger partial charge is 0.227 e. The van der Waals surface area contributed by atoms with Crippen LogP contribution in [0.3, 0.4) is 0 Å². The number of hydrogen-bond acceptors (Lipinski definition) is 5. The number of rotatable bonds is 5. The molecule has 4 N–H and O–H groups in total. The fourth-order valence-electron chi connectivity index (χ4n) is 1.03. The van der Waals surface area contributed by atoms with Crippen LogP contribution in [0.5, 0.6) is 0 Å². The van der Waals surface area contributed by atoms with E-state index in [9.17, 15) is 4.79 Å². The number of carbonyl (C=O) groups excluding carboxylic acids is 1. The molecule has 0 aliphatic rings. The Morgan fingerprint density at radius 3 is 2.79 bits per heavy atom. The van der Waals surface area contributed by atoms with Crippen molar-refractivity contribution in [3.8, 4) is 0 Å². The van der Waals surface area contributed by atoms with Gasteiger partial charge < -0.3 is 16.0 Å². The third-order valence-electron chi connectivity index (χ3n) is 1.64. The Hall–Kier alpha value is -1.08. The van der Waals surface area contributed by atoms with Crippen LogP contribution in [0.1, 0.15) is 12.7 Å². The van der Waals surface area contributed by atoms with Gasteiger partial charge in [0.05, 0.1) is 12.3 Å². The third kappa shape index (κ3) is 2.46. The van der Waals surface area contributed by atoms with Crippen LogP contribution in [-0.4, -0.2) is 26.4 Å². The van der Waals surface area contributed by atoms with Crippen LogP contribution in [-0.2, 0) is 17.9 Å². The standard InChI is InChI=1S/C7H13N5OS/c1-2-12-6(3-8)10-11-7(12)14-4-5(9)13/h2-4,8H2,1H3,(H2,9,13). The summed E-state index contributed by atoms with van der Waals surface area (Å²) in [5, 5.41) is 8.50. The van der Waals surface area contributed by atoms with Gasteiger partial charge in [0, 0.05) is 6.54 Å². The fourth-order valence-corrected chi connectivity index (χ4v) is 1.79. The van der Waals surface area contributed by atoms with Gasteiger partial charge in [0.1, 0.15) is 5.82 Å². The Morgan fingerprint density at radius 1 is 1.57 bits per heavy atom. The number of nitrogens with zero attached hydrogens (tertiary/aromatic N) is 3. The van der Waals surface area contributed by atoms with Gasteiger partial charge in [-0.05, 0) is 6.92 Å². The van der Waals surface area contributed by atoms with Gasteiger partial charge in [-0.2, -0.15) is 0 Å². The van der Waals surface area contributed by atoms with Crippen LogP contribution < -0.4 is 11.5 Å². The molecule has 1 rings (SSSR count). The number of aromatic nitrogens is 3. The van der Waals surface area contributed by atoms with E-state index in [0.29, 0.717) is 11.7 Å². The van der Waals surface area contributed by atoms with Crippen molar-refractivity contribution < 1.29 is 4.79 Å². The quantitative estimate of drug-likeness (QED) is 0.635. The average molecular weight is 215 g/mol. The lowest BCUT2D eigenvalue weighted by Crippen LogP contribution is -2.14. The van der Waals surface area contributed by atoms with Crippen LogP contribution in [0.25, 0.3) is 0 Å². The van der Waals surface area contributed by atoms with Crippen molar-refractivity contribution in [3.05, 3.63) is 5.82 Å². The third-order valence-corrected chi connectivity index (χ3v) is 2.62. The summed E-state index contributed by atoms with van der Waals surface area (Å²) < 4.78 is 1.87. The summed E-state index contributed by atoms with van der Waals surface area (Å²) in [4.78, 5) is 10.6. The highest BCUT2D eigenvalue weighted by atomic mass is 32.2. The minimum Gasteiger partial charge on any atom is -0.369 e. The molecule has 0 aliphatic carbocycles. The Bertz CT molecular complexity index is 324. The van der Waals surface area contributed by atoms with Crippen LogP contribution in [0, 0.1) is 0 Å². The highest BCUT2D eigenvalue weighted by Crippen LogP contribution is 2.15. The van der Waals surface area contributed by atoms with Crippen molar-refractivity contribution in [3.63, 3.8) is 0 Å². The molecule has 0 aromatic carbocycles. The average Bonchev–Trinajstić information content (AvgIpc) is 2.56. The van der Waals surface area contributed by atoms with Gasteiger partial charge in [-0.25, -0.2) is 0 Å². The molecule has 0 fully saturated rings. The lowest BCUT2D eigenvalue weighted by atomic mass is 10.6. The molecular formula is C7H13N5OS. The van der Waals surface area contributed by atoms with E-state index in [-0.39, 0.29) is 11.7 Å². The number of hydrogen-bond donors (Lipinski definition) is 2. The van der Waals surface area contributed by atoms with E-state index < -0.39 is 0 Å². The molecule has 6 nitrogen and oxygen atoms in total. The molecule has 1 heterocycles. The van der Waals surface area contributed by atoms with E-state index in [4.69, 9.17) is 11.5 Å². The Labute approximate surface area is 86.0 Å². The first-order chi connectivity index (χ1) is 6.69. The van der Waals surface area contributed by atoms with Gasteiger partial charge in [0.25, 0.3) is 0 Å². The highest BCUT2D eigenvalue weighted by molar-refractivity contribution is 7.99. The summed E-state index contributed by atoms with van der Waals surface area (Å²) in [5.74, 6) is 0.567. The van der Waals surface area contributed by atoms with Gasteiger partial charge in [-0.3, -0.25) is 4.79 Å². The number of amides is 1. The molecule has 0 aliphatic heterocycles. The van der Waals surface area contributed by atoms with E-state index in [1.807, 2.05) is 11.5 Å². The van der Waals surface area contributed by atoms with Crippen molar-refractivity contribution in [2.75, 3.05) is 5.75 Å². The minimum atomic E-state index is -0.366. The maximum Gasteiger partial charge on any atom is 0.227 e. The number of thioether (sulfide) groups is 1. The second-order valence-electron chi connectivity index (χ2n) is 2.60. The number of carbonyl (C=O) groups is 1. The van der Waals surface area contributed by atoms with Gasteiger partial charge in [-0.15, -0.1) is 10.2 Å². The fraction of sp³-hybridized carbons (Fsp3) is 0.571. The van der Waals surface area contributed by atoms with Crippen molar-refractivity contribution in [1.82, 2.24) is 14.8 Å². The molecule has 7 heteroatoms. The summed E-state index contributed by atoms with van der Waals surface area (Å²) in [6.07, 6.45) is 0. The van der Waals surface area contributed by atoms with Crippen LogP contribution in [0.2, 0.25) is 0 Å². The topological polar surface area (TPSA) is 99.8 Å². The summed E-state index contributed by atoms with van der Waals surface area (Å²) in [7, 11) is 0. The molecule has 0 radical (unpaired) electrons. The molecule has 0 bridgehead atoms. The summed E-state index contributed by atoms with van der Waals surface area (Å²) in [6.45, 7) is 3.05. The SMILES string of the molecule is CCn1c(CN)nnc1SCC(N)=O. The van der Waals surface area contributed by atoms with Crippen molar-refractivity contribution in [2.45, 2.75) is 25.2 Å². The van der Waals surface area contributed by atoms with Crippen molar-refractivity contribution in [2.24, 2.45) is 11.5 Å². The maximum absolute atomic E-state index is 10.6. The Morgan fingerprint density at radius 2 is 2.29 bits per heavy atom. The summed E-state index contributed by atoms with van der Waals surface area (Å²) >= 11 is 1.28. The van der Waals surface area contributed by atoms with Gasteiger partial charge in [0.2, 0.25) is 5.91 Å². The first-order valence-electron chi connectivity index (χ1n) is 4.22. The van der Waals surface area contributed by atoms with E-state index in [1.54, 1.807) is 0 Å². The second kappa shape index (κ2) is 4.97. The van der Waals surface area contributed by atoms with Crippen LogP contribution >= 0.6 is 11.8 Å². The Balaban J connectivity index is 2.75. The minimum absolute atomic E-state index is 0.211. The zero-order valence-electron chi connectivity index (χ0n) is 7.93. The largest absolute Gasteiger partial charge is 0.369 e. The van der Waals surface area contributed by atoms with Crippen molar-refractivity contribution >= 4 is 17.7 Å². The Kier molecular flexibility index (Phi) is 3.90. The van der Waals surface area contributed by atoms with Gasteiger partial charge in [0.15, 0.2) is 5.16 Å². The van der Waals surface area contributed by atoms with Crippen molar-refractivity contribution in [1.29, 1.82) is 0 Å². The number of nitrogens with two attached hydrogens (primary N) is 2. The molecule has 14 heavy (non-hydrogen) atoms. The molecule has 78 valence electrons. The normalized spacial score (nSPS) is 10.4. The monoisotopic (exact) mass is 215 g/mol. The summed E-state index contributed by atoms with van der Waals surface area (Å²) in [6, 6.07) is 0. The molecule has 1 aromatic heterocycles. The van der Waals surface area contributed by atoms with Gasteiger partial charge in [-0.1, -0.05) is 11.8 Å². The van der Waals surface area contributed by atoms with E-state index >= 15 is 0 Å². The molecular weight excluding hydrogens is 202 g/mol. The molecule has 0 unspecified atom stereocenters. The predicted octanol–water partition coefficient (Wildman–Crippen LogP) is -0.666. The van der Waals surface area contributed by atoms with Crippen LogP contribution in [0.15, 0.2) is 5.16 Å². The molecule has 1 aromatic rings. The predicted molar refractivity (Wildman–Crippen MR) is 53.5 cm³/mol. The molecule has 0 atom stereocenters. The van der Waals surface area contributed by atoms with E-state index in [2.05, 4.69) is 10.2 Å². The lowest BCUT2D eigenvalue weighted by molar-refractivity contribution is -0.115. The lowest BCUT2D eigenvalue weighted by Gasteiger charge is -2.04. The maximum atomic E-state index is 10.6. The van der Waals surface area contributed by atoms with E-state index in [0.717, 1.165) is 12.4 Å². The number of primary amides is 1. The molecule has 1 amide bonds.